The molecule has 17 heavy (non-hydrogen) atoms. The number of carbonyl (C=O) groups excluding carboxylic acids is 1. The van der Waals surface area contributed by atoms with Crippen LogP contribution in [-0.2, 0) is 17.6 Å². The lowest BCUT2D eigenvalue weighted by molar-refractivity contribution is -0.117. The summed E-state index contributed by atoms with van der Waals surface area (Å²) in [6.07, 6.45) is 0.919. The van der Waals surface area contributed by atoms with Crippen LogP contribution in [0.4, 0.5) is 5.69 Å². The number of nitrogen functional groups attached to an aromatic ring is 1. The van der Waals surface area contributed by atoms with Crippen LogP contribution in [0.1, 0.15) is 10.4 Å². The molecule has 0 radical (unpaired) electrons. The molecule has 0 amide bonds. The summed E-state index contributed by atoms with van der Waals surface area (Å²) in [6, 6.07) is 9.44. The molecule has 0 fully saturated rings. The molecule has 2 rings (SSSR count). The molecule has 0 saturated heterocycles. The van der Waals surface area contributed by atoms with Crippen molar-refractivity contribution in [2.24, 2.45) is 0 Å². The van der Waals surface area contributed by atoms with Crippen LogP contribution in [0.5, 0.6) is 0 Å². The number of ketones is 1. The van der Waals surface area contributed by atoms with Crippen molar-refractivity contribution in [1.29, 1.82) is 0 Å². The predicted molar refractivity (Wildman–Crippen MR) is 75.3 cm³/mol. The Morgan fingerprint density at radius 2 is 2.12 bits per heavy atom. The summed E-state index contributed by atoms with van der Waals surface area (Å²) in [5.74, 6) is 0.207. The van der Waals surface area contributed by atoms with Crippen LogP contribution in [-0.4, -0.2) is 5.78 Å². The van der Waals surface area contributed by atoms with Crippen molar-refractivity contribution in [3.63, 3.8) is 0 Å². The lowest BCUT2D eigenvalue weighted by Gasteiger charge is -2.02. The largest absolute Gasteiger partial charge is 0.399 e. The zero-order valence-corrected chi connectivity index (χ0v) is 11.6. The highest BCUT2D eigenvalue weighted by Gasteiger charge is 2.09. The third-order valence-electron chi connectivity index (χ3n) is 2.40. The van der Waals surface area contributed by atoms with Crippen molar-refractivity contribution in [1.82, 2.24) is 0 Å². The Balaban J connectivity index is 2.01. The predicted octanol–water partition coefficient (Wildman–Crippen LogP) is 3.45. The van der Waals surface area contributed by atoms with Gasteiger partial charge in [0.05, 0.1) is 0 Å². The number of rotatable bonds is 4. The molecule has 0 spiro atoms. The highest BCUT2D eigenvalue weighted by Crippen LogP contribution is 2.23. The normalized spacial score (nSPS) is 10.4. The SMILES string of the molecule is Nc1cccc(CC(=O)Cc2sccc2Br)c1. The zero-order valence-electron chi connectivity index (χ0n) is 9.15. The van der Waals surface area contributed by atoms with Crippen molar-refractivity contribution < 1.29 is 4.79 Å². The van der Waals surface area contributed by atoms with E-state index < -0.39 is 0 Å². The second-order valence-electron chi connectivity index (χ2n) is 3.83. The van der Waals surface area contributed by atoms with Crippen molar-refractivity contribution in [3.8, 4) is 0 Å². The summed E-state index contributed by atoms with van der Waals surface area (Å²) >= 11 is 5.03. The Morgan fingerprint density at radius 1 is 1.29 bits per heavy atom. The molecule has 1 aromatic carbocycles. The number of halogens is 1. The lowest BCUT2D eigenvalue weighted by Crippen LogP contribution is -2.06. The van der Waals surface area contributed by atoms with E-state index in [1.165, 1.54) is 0 Å². The molecule has 1 heterocycles. The van der Waals surface area contributed by atoms with E-state index in [1.54, 1.807) is 11.3 Å². The first-order valence-electron chi connectivity index (χ1n) is 5.23. The molecule has 1 aromatic heterocycles. The summed E-state index contributed by atoms with van der Waals surface area (Å²) in [5.41, 5.74) is 7.35. The number of Topliss-reactive ketones (excluding diaryl/α,β-unsaturated/α-hetero) is 1. The molecule has 2 N–H and O–H groups in total. The van der Waals surface area contributed by atoms with Crippen LogP contribution in [0.25, 0.3) is 0 Å². The minimum atomic E-state index is 0.207. The van der Waals surface area contributed by atoms with Crippen LogP contribution >= 0.6 is 27.3 Å². The standard InChI is InChI=1S/C13H12BrNOS/c14-12-4-5-17-13(12)8-11(16)7-9-2-1-3-10(15)6-9/h1-6H,7-8,15H2. The smallest absolute Gasteiger partial charge is 0.142 e. The fraction of sp³-hybridized carbons (Fsp3) is 0.154. The average Bonchev–Trinajstić information content (AvgIpc) is 2.64. The van der Waals surface area contributed by atoms with Gasteiger partial charge in [-0.25, -0.2) is 0 Å². The Hall–Kier alpha value is -1.13. The molecule has 0 unspecified atom stereocenters. The van der Waals surface area contributed by atoms with Gasteiger partial charge in [-0.1, -0.05) is 12.1 Å². The summed E-state index contributed by atoms with van der Waals surface area (Å²) in [4.78, 5) is 13.0. The molecule has 0 aliphatic heterocycles. The summed E-state index contributed by atoms with van der Waals surface area (Å²) < 4.78 is 1.02. The monoisotopic (exact) mass is 309 g/mol. The molecule has 0 saturated carbocycles. The third kappa shape index (κ3) is 3.41. The molecule has 4 heteroatoms. The minimum Gasteiger partial charge on any atom is -0.399 e. The first-order valence-corrected chi connectivity index (χ1v) is 6.90. The van der Waals surface area contributed by atoms with E-state index in [9.17, 15) is 4.79 Å². The highest BCUT2D eigenvalue weighted by atomic mass is 79.9. The number of nitrogens with two attached hydrogens (primary N) is 1. The highest BCUT2D eigenvalue weighted by molar-refractivity contribution is 9.10. The summed E-state index contributed by atoms with van der Waals surface area (Å²) in [7, 11) is 0. The molecule has 0 atom stereocenters. The van der Waals surface area contributed by atoms with Crippen molar-refractivity contribution in [3.05, 3.63) is 50.6 Å². The van der Waals surface area contributed by atoms with Gasteiger partial charge in [-0.3, -0.25) is 4.79 Å². The van der Waals surface area contributed by atoms with Crippen LogP contribution in [0.15, 0.2) is 40.2 Å². The third-order valence-corrected chi connectivity index (χ3v) is 4.33. The van der Waals surface area contributed by atoms with Crippen molar-refractivity contribution >= 4 is 38.7 Å². The number of hydrogen-bond acceptors (Lipinski definition) is 3. The van der Waals surface area contributed by atoms with Gasteiger partial charge in [0.1, 0.15) is 5.78 Å². The van der Waals surface area contributed by atoms with Gasteiger partial charge >= 0.3 is 0 Å². The topological polar surface area (TPSA) is 43.1 Å². The van der Waals surface area contributed by atoms with E-state index in [0.717, 1.165) is 14.9 Å². The second kappa shape index (κ2) is 5.47. The maximum absolute atomic E-state index is 11.9. The Bertz CT molecular complexity index is 536. The quantitative estimate of drug-likeness (QED) is 0.879. The van der Waals surface area contributed by atoms with Crippen LogP contribution in [0, 0.1) is 0 Å². The van der Waals surface area contributed by atoms with Gasteiger partial charge in [0.15, 0.2) is 0 Å². The van der Waals surface area contributed by atoms with E-state index in [0.29, 0.717) is 18.5 Å². The number of carbonyl (C=O) groups is 1. The molecule has 2 nitrogen and oxygen atoms in total. The Kier molecular flexibility index (Phi) is 3.97. The van der Waals surface area contributed by atoms with Gasteiger partial charge in [0, 0.05) is 27.9 Å². The second-order valence-corrected chi connectivity index (χ2v) is 5.68. The van der Waals surface area contributed by atoms with E-state index >= 15 is 0 Å². The van der Waals surface area contributed by atoms with Crippen LogP contribution in [0.2, 0.25) is 0 Å². The Labute approximate surface area is 113 Å². The van der Waals surface area contributed by atoms with Crippen LogP contribution < -0.4 is 5.73 Å². The van der Waals surface area contributed by atoms with Gasteiger partial charge in [-0.05, 0) is 45.1 Å². The number of thiophene rings is 1. The van der Waals surface area contributed by atoms with E-state index in [1.807, 2.05) is 35.7 Å². The molecular formula is C13H12BrNOS. The van der Waals surface area contributed by atoms with E-state index in [2.05, 4.69) is 15.9 Å². The van der Waals surface area contributed by atoms with Crippen molar-refractivity contribution in [2.75, 3.05) is 5.73 Å². The summed E-state index contributed by atoms with van der Waals surface area (Å²) in [6.45, 7) is 0. The lowest BCUT2D eigenvalue weighted by atomic mass is 10.1. The molecule has 88 valence electrons. The molecule has 2 aromatic rings. The first-order chi connectivity index (χ1) is 8.15. The molecule has 0 aliphatic carbocycles. The molecule has 0 bridgehead atoms. The minimum absolute atomic E-state index is 0.207. The van der Waals surface area contributed by atoms with Gasteiger partial charge in [-0.15, -0.1) is 11.3 Å². The van der Waals surface area contributed by atoms with Gasteiger partial charge < -0.3 is 5.73 Å². The maximum atomic E-state index is 11.9. The average molecular weight is 310 g/mol. The van der Waals surface area contributed by atoms with Crippen LogP contribution in [0.3, 0.4) is 0 Å². The van der Waals surface area contributed by atoms with E-state index in [4.69, 9.17) is 5.73 Å². The number of anilines is 1. The Morgan fingerprint density at radius 3 is 2.76 bits per heavy atom. The number of benzene rings is 1. The van der Waals surface area contributed by atoms with Gasteiger partial charge in [0.2, 0.25) is 0 Å². The molecule has 0 aliphatic rings. The number of hydrogen-bond donors (Lipinski definition) is 1. The van der Waals surface area contributed by atoms with E-state index in [-0.39, 0.29) is 5.78 Å². The maximum Gasteiger partial charge on any atom is 0.142 e. The fourth-order valence-electron chi connectivity index (χ4n) is 1.62. The molecular weight excluding hydrogens is 298 g/mol. The van der Waals surface area contributed by atoms with Gasteiger partial charge in [0.25, 0.3) is 0 Å². The zero-order chi connectivity index (χ0) is 12.3. The first kappa shape index (κ1) is 12.3. The summed E-state index contributed by atoms with van der Waals surface area (Å²) in [5, 5.41) is 1.98. The van der Waals surface area contributed by atoms with Crippen molar-refractivity contribution in [2.45, 2.75) is 12.8 Å². The fourth-order valence-corrected chi connectivity index (χ4v) is 3.14. The van der Waals surface area contributed by atoms with Gasteiger partial charge in [-0.2, -0.15) is 0 Å².